The molecule has 0 saturated heterocycles. The van der Waals surface area contributed by atoms with Crippen molar-refractivity contribution in [2.75, 3.05) is 11.4 Å². The van der Waals surface area contributed by atoms with Gasteiger partial charge in [-0.15, -0.1) is 0 Å². The van der Waals surface area contributed by atoms with E-state index in [-0.39, 0.29) is 5.56 Å². The van der Waals surface area contributed by atoms with Gasteiger partial charge in [0.15, 0.2) is 0 Å². The zero-order valence-corrected chi connectivity index (χ0v) is 13.2. The summed E-state index contributed by atoms with van der Waals surface area (Å²) in [6.45, 7) is 2.40. The monoisotopic (exact) mass is 337 g/mol. The van der Waals surface area contributed by atoms with Crippen LogP contribution < -0.4 is 4.90 Å². The number of benzene rings is 2. The van der Waals surface area contributed by atoms with Gasteiger partial charge in [0, 0.05) is 12.2 Å². The third-order valence-electron chi connectivity index (χ3n) is 3.65. The predicted octanol–water partition coefficient (Wildman–Crippen LogP) is 5.34. The third kappa shape index (κ3) is 4.07. The molecule has 0 radical (unpaired) electrons. The molecule has 0 fully saturated rings. The molecule has 0 spiro atoms. The molecular formula is C18H18F3NO2. The summed E-state index contributed by atoms with van der Waals surface area (Å²) in [5.74, 6) is -1.11. The fraction of sp³-hybridized carbons (Fsp3) is 0.278. The number of carbonyl (C=O) groups is 1. The molecule has 0 bridgehead atoms. The number of halogens is 3. The topological polar surface area (TPSA) is 40.5 Å². The number of unbranched alkanes of at least 4 members (excludes halogenated alkanes) is 1. The number of anilines is 2. The molecule has 2 rings (SSSR count). The summed E-state index contributed by atoms with van der Waals surface area (Å²) in [5.41, 5.74) is 0.0186. The first-order chi connectivity index (χ1) is 11.3. The first-order valence-corrected chi connectivity index (χ1v) is 7.61. The van der Waals surface area contributed by atoms with E-state index >= 15 is 0 Å². The lowest BCUT2D eigenvalue weighted by Crippen LogP contribution is -2.21. The van der Waals surface area contributed by atoms with Crippen molar-refractivity contribution in [3.8, 4) is 0 Å². The van der Waals surface area contributed by atoms with E-state index < -0.39 is 17.7 Å². The van der Waals surface area contributed by atoms with Gasteiger partial charge in [-0.05, 0) is 36.8 Å². The maximum absolute atomic E-state index is 13.0. The minimum Gasteiger partial charge on any atom is -0.478 e. The second-order valence-electron chi connectivity index (χ2n) is 5.38. The number of alkyl halides is 3. The number of rotatable bonds is 6. The lowest BCUT2D eigenvalue weighted by Gasteiger charge is -2.27. The van der Waals surface area contributed by atoms with Crippen LogP contribution in [0.3, 0.4) is 0 Å². The molecule has 0 aliphatic rings. The number of hydrogen-bond acceptors (Lipinski definition) is 2. The van der Waals surface area contributed by atoms with Crippen LogP contribution in [0.15, 0.2) is 48.5 Å². The molecule has 0 unspecified atom stereocenters. The molecule has 3 nitrogen and oxygen atoms in total. The summed E-state index contributed by atoms with van der Waals surface area (Å²) in [6, 6.07) is 11.3. The molecule has 2 aromatic carbocycles. The largest absolute Gasteiger partial charge is 0.478 e. The Morgan fingerprint density at radius 2 is 1.83 bits per heavy atom. The summed E-state index contributed by atoms with van der Waals surface area (Å²) in [6.07, 6.45) is -2.88. The molecule has 0 heterocycles. The van der Waals surface area contributed by atoms with Gasteiger partial charge in [0.2, 0.25) is 0 Å². The zero-order valence-electron chi connectivity index (χ0n) is 13.2. The van der Waals surface area contributed by atoms with Crippen LogP contribution in [-0.2, 0) is 6.18 Å². The van der Waals surface area contributed by atoms with Crippen molar-refractivity contribution in [2.24, 2.45) is 0 Å². The number of carboxylic acid groups (broad SMARTS) is 1. The molecular weight excluding hydrogens is 319 g/mol. The Kier molecular flexibility index (Phi) is 5.49. The minimum atomic E-state index is -4.45. The van der Waals surface area contributed by atoms with E-state index in [9.17, 15) is 23.1 Å². The molecule has 0 aliphatic heterocycles. The van der Waals surface area contributed by atoms with Crippen LogP contribution in [-0.4, -0.2) is 17.6 Å². The summed E-state index contributed by atoms with van der Waals surface area (Å²) >= 11 is 0. The Balaban J connectivity index is 2.53. The highest BCUT2D eigenvalue weighted by Crippen LogP contribution is 2.35. The standard InChI is InChI=1S/C18H18F3NO2/c1-2-3-11-22(16-10-5-4-9-15(16)17(23)24)14-8-6-7-13(12-14)18(19,20)21/h4-10,12H,2-3,11H2,1H3,(H,23,24). The van der Waals surface area contributed by atoms with Crippen molar-refractivity contribution in [3.63, 3.8) is 0 Å². The number of nitrogens with zero attached hydrogens (tertiary/aromatic N) is 1. The van der Waals surface area contributed by atoms with Gasteiger partial charge in [-0.3, -0.25) is 0 Å². The molecule has 24 heavy (non-hydrogen) atoms. The van der Waals surface area contributed by atoms with E-state index in [2.05, 4.69) is 0 Å². The highest BCUT2D eigenvalue weighted by Gasteiger charge is 2.31. The fourth-order valence-corrected chi connectivity index (χ4v) is 2.44. The Hall–Kier alpha value is -2.50. The summed E-state index contributed by atoms with van der Waals surface area (Å²) < 4.78 is 38.9. The van der Waals surface area contributed by atoms with Crippen LogP contribution in [0.5, 0.6) is 0 Å². The highest BCUT2D eigenvalue weighted by molar-refractivity contribution is 5.95. The highest BCUT2D eigenvalue weighted by atomic mass is 19.4. The molecule has 0 saturated carbocycles. The zero-order chi connectivity index (χ0) is 17.7. The quantitative estimate of drug-likeness (QED) is 0.773. The average Bonchev–Trinajstić information content (AvgIpc) is 2.55. The van der Waals surface area contributed by atoms with Crippen LogP contribution in [0.25, 0.3) is 0 Å². The lowest BCUT2D eigenvalue weighted by atomic mass is 10.1. The Labute approximate surface area is 138 Å². The summed E-state index contributed by atoms with van der Waals surface area (Å²) in [5, 5.41) is 9.36. The van der Waals surface area contributed by atoms with Crippen molar-refractivity contribution in [1.82, 2.24) is 0 Å². The van der Waals surface area contributed by atoms with Crippen LogP contribution in [0, 0.1) is 0 Å². The second-order valence-corrected chi connectivity index (χ2v) is 5.38. The SMILES string of the molecule is CCCCN(c1cccc(C(F)(F)F)c1)c1ccccc1C(=O)O. The first-order valence-electron chi connectivity index (χ1n) is 7.61. The Morgan fingerprint density at radius 1 is 1.12 bits per heavy atom. The third-order valence-corrected chi connectivity index (χ3v) is 3.65. The summed E-state index contributed by atoms with van der Waals surface area (Å²) in [7, 11) is 0. The van der Waals surface area contributed by atoms with E-state index in [1.54, 1.807) is 29.2 Å². The minimum absolute atomic E-state index is 0.0611. The molecule has 6 heteroatoms. The van der Waals surface area contributed by atoms with Crippen molar-refractivity contribution in [2.45, 2.75) is 25.9 Å². The van der Waals surface area contributed by atoms with E-state index in [1.165, 1.54) is 12.1 Å². The second kappa shape index (κ2) is 7.38. The molecule has 0 amide bonds. The van der Waals surface area contributed by atoms with E-state index in [4.69, 9.17) is 0 Å². The maximum Gasteiger partial charge on any atom is 0.416 e. The van der Waals surface area contributed by atoms with Gasteiger partial charge in [-0.1, -0.05) is 31.5 Å². The van der Waals surface area contributed by atoms with Crippen molar-refractivity contribution < 1.29 is 23.1 Å². The van der Waals surface area contributed by atoms with Gasteiger partial charge in [0.25, 0.3) is 0 Å². The number of aromatic carboxylic acids is 1. The number of hydrogen-bond donors (Lipinski definition) is 1. The van der Waals surface area contributed by atoms with Crippen molar-refractivity contribution >= 4 is 17.3 Å². The van der Waals surface area contributed by atoms with Crippen LogP contribution in [0.2, 0.25) is 0 Å². The Bertz CT molecular complexity index is 713. The molecule has 128 valence electrons. The van der Waals surface area contributed by atoms with Crippen LogP contribution in [0.1, 0.15) is 35.7 Å². The summed E-state index contributed by atoms with van der Waals surface area (Å²) in [4.78, 5) is 13.1. The van der Waals surface area contributed by atoms with Gasteiger partial charge >= 0.3 is 12.1 Å². The fourth-order valence-electron chi connectivity index (χ4n) is 2.44. The molecule has 1 N–H and O–H groups in total. The van der Waals surface area contributed by atoms with Crippen molar-refractivity contribution in [3.05, 3.63) is 59.7 Å². The molecule has 0 aliphatic carbocycles. The van der Waals surface area contributed by atoms with E-state index in [1.807, 2.05) is 6.92 Å². The maximum atomic E-state index is 13.0. The van der Waals surface area contributed by atoms with Crippen LogP contribution in [0.4, 0.5) is 24.5 Å². The van der Waals surface area contributed by atoms with Gasteiger partial charge in [-0.25, -0.2) is 4.79 Å². The average molecular weight is 337 g/mol. The number of carboxylic acids is 1. The smallest absolute Gasteiger partial charge is 0.416 e. The Morgan fingerprint density at radius 3 is 2.46 bits per heavy atom. The van der Waals surface area contributed by atoms with Crippen LogP contribution >= 0.6 is 0 Å². The first kappa shape index (κ1) is 17.8. The number of para-hydroxylation sites is 1. The van der Waals surface area contributed by atoms with Gasteiger partial charge < -0.3 is 10.0 Å². The van der Waals surface area contributed by atoms with Gasteiger partial charge in [0.05, 0.1) is 16.8 Å². The van der Waals surface area contributed by atoms with Gasteiger partial charge in [0.1, 0.15) is 0 Å². The van der Waals surface area contributed by atoms with Crippen molar-refractivity contribution in [1.29, 1.82) is 0 Å². The molecule has 0 atom stereocenters. The van der Waals surface area contributed by atoms with E-state index in [0.717, 1.165) is 25.0 Å². The molecule has 2 aromatic rings. The van der Waals surface area contributed by atoms with E-state index in [0.29, 0.717) is 17.9 Å². The van der Waals surface area contributed by atoms with Gasteiger partial charge in [-0.2, -0.15) is 13.2 Å². The lowest BCUT2D eigenvalue weighted by molar-refractivity contribution is -0.137. The molecule has 0 aromatic heterocycles. The predicted molar refractivity (Wildman–Crippen MR) is 86.8 cm³/mol. The normalized spacial score (nSPS) is 11.3.